The smallest absolute Gasteiger partial charge is 0.330 e. The highest BCUT2D eigenvalue weighted by Gasteiger charge is 2.23. The highest BCUT2D eigenvalue weighted by atomic mass is 31.1. The highest BCUT2D eigenvalue weighted by Crippen LogP contribution is 2.26. The van der Waals surface area contributed by atoms with Crippen molar-refractivity contribution in [1.29, 1.82) is 0 Å². The molecular weight excluding hydrogens is 215 g/mol. The van der Waals surface area contributed by atoms with E-state index in [0.717, 1.165) is 25.7 Å². The van der Waals surface area contributed by atoms with E-state index in [4.69, 9.17) is 20.5 Å². The monoisotopic (exact) mass is 237 g/mol. The first-order chi connectivity index (χ1) is 7.20. The molecule has 0 bridgehead atoms. The summed E-state index contributed by atoms with van der Waals surface area (Å²) in [6.07, 6.45) is 3.97. The highest BCUT2D eigenvalue weighted by molar-refractivity contribution is 7.33. The van der Waals surface area contributed by atoms with Gasteiger partial charge in [-0.15, -0.1) is 9.05 Å². The van der Waals surface area contributed by atoms with E-state index in [2.05, 4.69) is 0 Å². The minimum absolute atomic E-state index is 0.440. The van der Waals surface area contributed by atoms with Crippen LogP contribution in [-0.4, -0.2) is 19.4 Å². The first-order valence-electron chi connectivity index (χ1n) is 5.43. The molecule has 0 amide bonds. The molecule has 5 nitrogen and oxygen atoms in total. The molecule has 0 aliphatic heterocycles. The van der Waals surface area contributed by atoms with Gasteiger partial charge in [-0.3, -0.25) is 0 Å². The summed E-state index contributed by atoms with van der Waals surface area (Å²) in [5, 5.41) is 0. The van der Waals surface area contributed by atoms with Gasteiger partial charge in [-0.2, -0.15) is 0 Å². The third kappa shape index (κ3) is 10.2. The molecule has 0 aliphatic rings. The maximum absolute atomic E-state index is 11.1. The third-order valence-corrected chi connectivity index (χ3v) is 2.65. The minimum atomic E-state index is -2.05. The summed E-state index contributed by atoms with van der Waals surface area (Å²) in [7, 11) is -2.05. The van der Waals surface area contributed by atoms with Crippen molar-refractivity contribution in [1.82, 2.24) is 0 Å². The van der Waals surface area contributed by atoms with E-state index in [0.29, 0.717) is 19.6 Å². The largest absolute Gasteiger partial charge is 0.699 e. The first-order valence-corrected chi connectivity index (χ1v) is 6.52. The van der Waals surface area contributed by atoms with Gasteiger partial charge in [0, 0.05) is 4.57 Å². The summed E-state index contributed by atoms with van der Waals surface area (Å²) in [6.45, 7) is 3.08. The van der Waals surface area contributed by atoms with Gasteiger partial charge in [-0.1, -0.05) is 13.3 Å². The van der Waals surface area contributed by atoms with Crippen molar-refractivity contribution in [3.05, 3.63) is 0 Å². The Balaban J connectivity index is 3.38. The molecule has 0 fully saturated rings. The molecule has 0 saturated heterocycles. The Hall–Kier alpha value is -0.0600. The maximum atomic E-state index is 11.1. The fourth-order valence-corrected chi connectivity index (χ4v) is 1.75. The Bertz CT molecular complexity index is 169. The fourth-order valence-electron chi connectivity index (χ4n) is 1.03. The van der Waals surface area contributed by atoms with Crippen LogP contribution in [-0.2, 0) is 13.6 Å². The summed E-state index contributed by atoms with van der Waals surface area (Å²) in [6, 6.07) is 0. The van der Waals surface area contributed by atoms with Gasteiger partial charge in [0.05, 0.1) is 0 Å². The number of unbranched alkanes of at least 4 members (excludes halogenated alkanes) is 2. The Morgan fingerprint density at radius 3 is 2.67 bits per heavy atom. The van der Waals surface area contributed by atoms with Crippen molar-refractivity contribution < 1.29 is 13.6 Å². The van der Waals surface area contributed by atoms with Crippen molar-refractivity contribution in [3.8, 4) is 0 Å². The zero-order valence-corrected chi connectivity index (χ0v) is 10.2. The van der Waals surface area contributed by atoms with Gasteiger partial charge < -0.3 is 11.5 Å². The lowest BCUT2D eigenvalue weighted by molar-refractivity contribution is 0.158. The van der Waals surface area contributed by atoms with Crippen LogP contribution in [0.3, 0.4) is 0 Å². The summed E-state index contributed by atoms with van der Waals surface area (Å²) in [5.74, 6) is 0. The first kappa shape index (κ1) is 14.9. The molecule has 0 saturated carbocycles. The molecule has 0 heterocycles. The van der Waals surface area contributed by atoms with Crippen LogP contribution in [0.2, 0.25) is 0 Å². The van der Waals surface area contributed by atoms with Crippen LogP contribution in [0.1, 0.15) is 39.0 Å². The zero-order chi connectivity index (χ0) is 11.5. The topological polar surface area (TPSA) is 87.6 Å². The molecule has 2 unspecified atom stereocenters. The normalized spacial score (nSPS) is 13.9. The average molecular weight is 237 g/mol. The van der Waals surface area contributed by atoms with Crippen LogP contribution >= 0.6 is 8.25 Å². The van der Waals surface area contributed by atoms with Gasteiger partial charge in [0.2, 0.25) is 0 Å². The lowest BCUT2D eigenvalue weighted by Gasteiger charge is -2.03. The Labute approximate surface area is 92.4 Å². The van der Waals surface area contributed by atoms with E-state index in [1.54, 1.807) is 0 Å². The third-order valence-electron chi connectivity index (χ3n) is 1.82. The van der Waals surface area contributed by atoms with Crippen LogP contribution in [0.4, 0.5) is 0 Å². The van der Waals surface area contributed by atoms with Crippen LogP contribution in [0.5, 0.6) is 0 Å². The number of nitrogens with two attached hydrogens (primary N) is 2. The quantitative estimate of drug-likeness (QED) is 0.344. The maximum Gasteiger partial charge on any atom is 0.699 e. The number of rotatable bonds is 10. The van der Waals surface area contributed by atoms with Gasteiger partial charge in [0.15, 0.2) is 6.23 Å². The molecule has 0 aliphatic carbocycles. The lowest BCUT2D eigenvalue weighted by atomic mass is 10.2. The molecule has 15 heavy (non-hydrogen) atoms. The van der Waals surface area contributed by atoms with E-state index in [1.807, 2.05) is 6.92 Å². The Kier molecular flexibility index (Phi) is 10.4. The molecular formula is C9H22N2O3P+. The molecule has 90 valence electrons. The number of hydrogen-bond acceptors (Lipinski definition) is 5. The van der Waals surface area contributed by atoms with E-state index in [-0.39, 0.29) is 0 Å². The molecule has 0 rings (SSSR count). The summed E-state index contributed by atoms with van der Waals surface area (Å²) < 4.78 is 20.9. The van der Waals surface area contributed by atoms with Gasteiger partial charge in [-0.05, 0) is 32.2 Å². The van der Waals surface area contributed by atoms with Gasteiger partial charge in [-0.25, -0.2) is 0 Å². The second kappa shape index (κ2) is 10.5. The molecule has 0 aromatic rings. The second-order valence-electron chi connectivity index (χ2n) is 3.34. The Morgan fingerprint density at radius 1 is 1.33 bits per heavy atom. The average Bonchev–Trinajstić information content (AvgIpc) is 2.21. The van der Waals surface area contributed by atoms with E-state index >= 15 is 0 Å². The molecule has 0 spiro atoms. The summed E-state index contributed by atoms with van der Waals surface area (Å²) in [4.78, 5) is 0. The second-order valence-corrected chi connectivity index (χ2v) is 4.25. The molecule has 0 aromatic heterocycles. The predicted octanol–water partition coefficient (Wildman–Crippen LogP) is 1.89. The van der Waals surface area contributed by atoms with Crippen molar-refractivity contribution >= 4 is 8.25 Å². The SMILES string of the molecule is CCCO[P+](=O)OC(N)CCCCCN. The molecule has 2 atom stereocenters. The van der Waals surface area contributed by atoms with Crippen molar-refractivity contribution in [3.63, 3.8) is 0 Å². The van der Waals surface area contributed by atoms with Crippen molar-refractivity contribution in [2.24, 2.45) is 11.5 Å². The van der Waals surface area contributed by atoms with Crippen LogP contribution in [0.15, 0.2) is 0 Å². The Morgan fingerprint density at radius 2 is 2.07 bits per heavy atom. The lowest BCUT2D eigenvalue weighted by Crippen LogP contribution is -2.21. The van der Waals surface area contributed by atoms with E-state index in [1.165, 1.54) is 0 Å². The molecule has 6 heteroatoms. The van der Waals surface area contributed by atoms with Crippen molar-refractivity contribution in [2.45, 2.75) is 45.3 Å². The van der Waals surface area contributed by atoms with E-state index in [9.17, 15) is 4.57 Å². The number of hydrogen-bond donors (Lipinski definition) is 2. The summed E-state index contributed by atoms with van der Waals surface area (Å²) >= 11 is 0. The standard InChI is InChI=1S/C9H22N2O3P/c1-2-8-13-15(12)14-9(11)6-4-3-5-7-10/h9H,2-8,10-11H2,1H3/q+1. The zero-order valence-electron chi connectivity index (χ0n) is 9.35. The summed E-state index contributed by atoms with van der Waals surface area (Å²) in [5.41, 5.74) is 11.0. The van der Waals surface area contributed by atoms with Gasteiger partial charge in [0.1, 0.15) is 6.61 Å². The molecule has 0 radical (unpaired) electrons. The van der Waals surface area contributed by atoms with Crippen LogP contribution in [0.25, 0.3) is 0 Å². The van der Waals surface area contributed by atoms with Gasteiger partial charge in [0.25, 0.3) is 0 Å². The van der Waals surface area contributed by atoms with E-state index < -0.39 is 14.5 Å². The molecule has 4 N–H and O–H groups in total. The predicted molar refractivity (Wildman–Crippen MR) is 60.4 cm³/mol. The van der Waals surface area contributed by atoms with Crippen molar-refractivity contribution in [2.75, 3.05) is 13.2 Å². The molecule has 0 aromatic carbocycles. The van der Waals surface area contributed by atoms with Crippen LogP contribution in [0, 0.1) is 0 Å². The minimum Gasteiger partial charge on any atom is -0.330 e. The van der Waals surface area contributed by atoms with Gasteiger partial charge >= 0.3 is 8.25 Å². The fraction of sp³-hybridized carbons (Fsp3) is 1.00. The van der Waals surface area contributed by atoms with Crippen LogP contribution < -0.4 is 11.5 Å².